The molecule has 1 amide bonds. The number of anilines is 2. The summed E-state index contributed by atoms with van der Waals surface area (Å²) in [6.45, 7) is 4.11. The largest absolute Gasteiger partial charge is 0.462 e. The molecule has 2 aromatic rings. The van der Waals surface area contributed by atoms with Crippen molar-refractivity contribution in [2.75, 3.05) is 17.7 Å². The van der Waals surface area contributed by atoms with Crippen LogP contribution in [-0.4, -0.2) is 23.7 Å². The normalized spacial score (nSPS) is 14.6. The average molecular weight is 433 g/mol. The van der Waals surface area contributed by atoms with E-state index >= 15 is 0 Å². The Hall–Kier alpha value is -1.99. The highest BCUT2D eigenvalue weighted by atomic mass is 32.2. The molecule has 1 heterocycles. The highest BCUT2D eigenvalue weighted by Gasteiger charge is 2.28. The Bertz CT molecular complexity index is 879. The maximum Gasteiger partial charge on any atom is 0.341 e. The zero-order valence-electron chi connectivity index (χ0n) is 17.0. The molecule has 5 nitrogen and oxygen atoms in total. The molecule has 3 N–H and O–H groups in total. The lowest BCUT2D eigenvalue weighted by atomic mass is 10.1. The minimum absolute atomic E-state index is 0.0955. The minimum atomic E-state index is -0.335. The first-order valence-electron chi connectivity index (χ1n) is 10.2. The summed E-state index contributed by atoms with van der Waals surface area (Å²) in [5.74, 6) is -0.430. The Morgan fingerprint density at radius 1 is 1.24 bits per heavy atom. The predicted octanol–water partition coefficient (Wildman–Crippen LogP) is 5.29. The fourth-order valence-corrected chi connectivity index (χ4v) is 5.82. The van der Waals surface area contributed by atoms with Gasteiger partial charge in [-0.3, -0.25) is 4.79 Å². The first-order chi connectivity index (χ1) is 14.0. The van der Waals surface area contributed by atoms with Gasteiger partial charge in [0.05, 0.1) is 17.4 Å². The van der Waals surface area contributed by atoms with Gasteiger partial charge in [0.2, 0.25) is 5.91 Å². The zero-order chi connectivity index (χ0) is 20.8. The van der Waals surface area contributed by atoms with Crippen LogP contribution >= 0.6 is 23.1 Å². The second kappa shape index (κ2) is 10.2. The van der Waals surface area contributed by atoms with Gasteiger partial charge in [-0.25, -0.2) is 4.79 Å². The number of ether oxygens (including phenoxy) is 1. The highest BCUT2D eigenvalue weighted by Crippen LogP contribution is 2.38. The Labute approximate surface area is 180 Å². The summed E-state index contributed by atoms with van der Waals surface area (Å²) in [4.78, 5) is 27.9. The van der Waals surface area contributed by atoms with E-state index < -0.39 is 0 Å². The van der Waals surface area contributed by atoms with Gasteiger partial charge in [-0.05, 0) is 62.8 Å². The second-order valence-corrected chi connectivity index (χ2v) is 9.45. The molecule has 0 aliphatic heterocycles. The number of hydrogen-bond donors (Lipinski definition) is 2. The van der Waals surface area contributed by atoms with E-state index in [2.05, 4.69) is 5.32 Å². The highest BCUT2D eigenvalue weighted by molar-refractivity contribution is 8.00. The van der Waals surface area contributed by atoms with Crippen LogP contribution in [0.5, 0.6) is 0 Å². The molecule has 0 radical (unpaired) electrons. The van der Waals surface area contributed by atoms with E-state index in [-0.39, 0.29) is 17.1 Å². The monoisotopic (exact) mass is 432 g/mol. The Balaban J connectivity index is 1.83. The van der Waals surface area contributed by atoms with Gasteiger partial charge in [0.1, 0.15) is 5.00 Å². The van der Waals surface area contributed by atoms with E-state index in [1.54, 1.807) is 6.92 Å². The van der Waals surface area contributed by atoms with E-state index in [4.69, 9.17) is 10.5 Å². The van der Waals surface area contributed by atoms with Crippen LogP contribution in [0, 0.1) is 0 Å². The maximum atomic E-state index is 13.0. The fraction of sp³-hybridized carbons (Fsp3) is 0.455. The predicted molar refractivity (Wildman–Crippen MR) is 121 cm³/mol. The van der Waals surface area contributed by atoms with Gasteiger partial charge in [0.15, 0.2) is 0 Å². The summed E-state index contributed by atoms with van der Waals surface area (Å²) in [6.07, 6.45) is 5.84. The number of amides is 1. The molecule has 0 saturated carbocycles. The molecule has 7 heteroatoms. The van der Waals surface area contributed by atoms with Crippen molar-refractivity contribution in [1.29, 1.82) is 0 Å². The maximum absolute atomic E-state index is 13.0. The van der Waals surface area contributed by atoms with Crippen molar-refractivity contribution in [1.82, 2.24) is 0 Å². The molecule has 1 aliphatic rings. The number of hydrogen-bond acceptors (Lipinski definition) is 6. The van der Waals surface area contributed by atoms with Crippen LogP contribution in [0.25, 0.3) is 0 Å². The van der Waals surface area contributed by atoms with Crippen molar-refractivity contribution in [2.24, 2.45) is 0 Å². The van der Waals surface area contributed by atoms with Gasteiger partial charge in [0.25, 0.3) is 0 Å². The molecule has 1 aromatic heterocycles. The van der Waals surface area contributed by atoms with Crippen LogP contribution in [0.4, 0.5) is 10.7 Å². The molecule has 0 saturated heterocycles. The minimum Gasteiger partial charge on any atom is -0.462 e. The molecule has 0 bridgehead atoms. The molecule has 0 spiro atoms. The van der Waals surface area contributed by atoms with Gasteiger partial charge < -0.3 is 15.8 Å². The summed E-state index contributed by atoms with van der Waals surface area (Å²) >= 11 is 3.02. The first-order valence-corrected chi connectivity index (χ1v) is 11.9. The number of thiophene rings is 1. The van der Waals surface area contributed by atoms with Gasteiger partial charge in [-0.2, -0.15) is 0 Å². The molecule has 3 rings (SSSR count). The molecule has 0 fully saturated rings. The lowest BCUT2D eigenvalue weighted by Gasteiger charge is -2.15. The Morgan fingerprint density at radius 2 is 2.03 bits per heavy atom. The number of nitrogen functional groups attached to an aromatic ring is 1. The summed E-state index contributed by atoms with van der Waals surface area (Å²) in [5, 5.41) is 3.40. The number of carbonyl (C=O) groups excluding carboxylic acids is 2. The summed E-state index contributed by atoms with van der Waals surface area (Å²) in [5.41, 5.74) is 8.17. The number of carbonyl (C=O) groups is 2. The van der Waals surface area contributed by atoms with Crippen molar-refractivity contribution in [3.63, 3.8) is 0 Å². The van der Waals surface area contributed by atoms with E-state index in [0.29, 0.717) is 29.3 Å². The third-order valence-electron chi connectivity index (χ3n) is 4.94. The van der Waals surface area contributed by atoms with E-state index in [9.17, 15) is 9.59 Å². The van der Waals surface area contributed by atoms with Crippen LogP contribution in [-0.2, 0) is 22.4 Å². The van der Waals surface area contributed by atoms with Crippen LogP contribution in [0.15, 0.2) is 29.2 Å². The molecular weight excluding hydrogens is 404 g/mol. The average Bonchev–Trinajstić information content (AvgIpc) is 2.87. The molecule has 1 atom stereocenters. The summed E-state index contributed by atoms with van der Waals surface area (Å²) in [6, 6.07) is 7.54. The molecular formula is C22H28N2O3S2. The van der Waals surface area contributed by atoms with Crippen molar-refractivity contribution < 1.29 is 14.3 Å². The molecule has 1 unspecified atom stereocenters. The van der Waals surface area contributed by atoms with E-state index in [0.717, 1.165) is 36.1 Å². The lowest BCUT2D eigenvalue weighted by molar-refractivity contribution is -0.115. The molecule has 1 aromatic carbocycles. The first kappa shape index (κ1) is 21.7. The van der Waals surface area contributed by atoms with E-state index in [1.807, 2.05) is 31.2 Å². The van der Waals surface area contributed by atoms with Gasteiger partial charge in [-0.1, -0.05) is 19.4 Å². The fourth-order valence-electron chi connectivity index (χ4n) is 3.52. The quantitative estimate of drug-likeness (QED) is 0.269. The van der Waals surface area contributed by atoms with Gasteiger partial charge in [0, 0.05) is 15.5 Å². The number of aryl methyl sites for hydroxylation is 1. The topological polar surface area (TPSA) is 81.4 Å². The summed E-state index contributed by atoms with van der Waals surface area (Å²) in [7, 11) is 0. The Kier molecular flexibility index (Phi) is 7.61. The number of nitrogens with one attached hydrogen (secondary N) is 1. The lowest BCUT2D eigenvalue weighted by Crippen LogP contribution is -2.25. The number of thioether (sulfide) groups is 1. The van der Waals surface area contributed by atoms with Crippen molar-refractivity contribution in [3.8, 4) is 0 Å². The number of benzene rings is 1. The third kappa shape index (κ3) is 5.34. The van der Waals surface area contributed by atoms with Gasteiger partial charge in [-0.15, -0.1) is 23.1 Å². The van der Waals surface area contributed by atoms with Crippen LogP contribution in [0.3, 0.4) is 0 Å². The number of fused-ring (bicyclic) bond motifs is 1. The number of nitrogens with two attached hydrogens (primary N) is 1. The zero-order valence-corrected chi connectivity index (χ0v) is 18.6. The van der Waals surface area contributed by atoms with Gasteiger partial charge >= 0.3 is 5.97 Å². The molecule has 29 heavy (non-hydrogen) atoms. The molecule has 156 valence electrons. The third-order valence-corrected chi connectivity index (χ3v) is 7.50. The van der Waals surface area contributed by atoms with E-state index in [1.165, 1.54) is 34.4 Å². The Morgan fingerprint density at radius 3 is 2.76 bits per heavy atom. The standard InChI is InChI=1S/C22H28N2O3S2/c1-3-17(28-15-10-8-9-14(23)13-15)20(25)24-21-19(22(26)27-4-2)16-11-6-5-7-12-18(16)29-21/h8-10,13,17H,3-7,11-12,23H2,1-2H3,(H,24,25). The summed E-state index contributed by atoms with van der Waals surface area (Å²) < 4.78 is 5.31. The van der Waals surface area contributed by atoms with Crippen LogP contribution in [0.1, 0.15) is 60.3 Å². The number of esters is 1. The van der Waals surface area contributed by atoms with Crippen molar-refractivity contribution in [2.45, 2.75) is 62.5 Å². The smallest absolute Gasteiger partial charge is 0.341 e. The SMILES string of the molecule is CCOC(=O)c1c(NC(=O)C(CC)Sc2cccc(N)c2)sc2c1CCCCC2. The number of rotatable bonds is 7. The second-order valence-electron chi connectivity index (χ2n) is 7.07. The van der Waals surface area contributed by atoms with Crippen molar-refractivity contribution in [3.05, 3.63) is 40.3 Å². The molecule has 1 aliphatic carbocycles. The van der Waals surface area contributed by atoms with Crippen LogP contribution in [0.2, 0.25) is 0 Å². The van der Waals surface area contributed by atoms with Crippen LogP contribution < -0.4 is 11.1 Å². The van der Waals surface area contributed by atoms with Crippen molar-refractivity contribution >= 4 is 45.7 Å².